The van der Waals surface area contributed by atoms with Crippen LogP contribution in [0.2, 0.25) is 0 Å². The van der Waals surface area contributed by atoms with Crippen LogP contribution in [0.25, 0.3) is 21.5 Å². The molecular weight excluding hydrogens is 510 g/mol. The SMILES string of the molecule is CC(C)(C)c1cc2[cH-]c3cc(C(C)(C)C)c(C(C)(C)C)cc3c2cc1C(C)(C)C.[Cl-].[Cl-].[Zr+3]. The zero-order chi connectivity index (χ0) is 22.2. The molecule has 1 radical (unpaired) electrons. The fraction of sp³-hybridized carbons (Fsp3) is 0.552. The number of benzene rings is 2. The molecule has 0 spiro atoms. The number of fused-ring (bicyclic) bond motifs is 3. The summed E-state index contributed by atoms with van der Waals surface area (Å²) in [7, 11) is 0. The van der Waals surface area contributed by atoms with Crippen molar-refractivity contribution in [2.24, 2.45) is 0 Å². The normalized spacial score (nSPS) is 12.9. The summed E-state index contributed by atoms with van der Waals surface area (Å²) in [6.45, 7) is 28.0. The fourth-order valence-electron chi connectivity index (χ4n) is 4.59. The molecule has 0 unspecified atom stereocenters. The van der Waals surface area contributed by atoms with Crippen molar-refractivity contribution in [3.8, 4) is 0 Å². The van der Waals surface area contributed by atoms with Crippen molar-refractivity contribution in [2.45, 2.75) is 105 Å². The Kier molecular flexibility index (Phi) is 9.73. The molecule has 0 aliphatic heterocycles. The summed E-state index contributed by atoms with van der Waals surface area (Å²) < 4.78 is 0. The molecule has 0 bridgehead atoms. The molecule has 0 nitrogen and oxygen atoms in total. The Labute approximate surface area is 228 Å². The van der Waals surface area contributed by atoms with E-state index >= 15 is 0 Å². The molecule has 0 atom stereocenters. The van der Waals surface area contributed by atoms with Crippen molar-refractivity contribution < 1.29 is 51.0 Å². The third kappa shape index (κ3) is 6.06. The first kappa shape index (κ1) is 31.8. The summed E-state index contributed by atoms with van der Waals surface area (Å²) in [5.74, 6) is 0. The largest absolute Gasteiger partial charge is 3.00 e. The fourth-order valence-corrected chi connectivity index (χ4v) is 4.59. The monoisotopic (exact) mass is 549 g/mol. The Morgan fingerprint density at radius 2 is 0.656 bits per heavy atom. The van der Waals surface area contributed by atoms with Gasteiger partial charge in [-0.3, -0.25) is 0 Å². The van der Waals surface area contributed by atoms with Crippen LogP contribution in [-0.2, 0) is 47.9 Å². The molecule has 3 aromatic rings. The quantitative estimate of drug-likeness (QED) is 0.377. The average Bonchev–Trinajstić information content (AvgIpc) is 2.86. The minimum Gasteiger partial charge on any atom is -1.00 e. The van der Waals surface area contributed by atoms with Gasteiger partial charge < -0.3 is 24.8 Å². The number of halogens is 2. The van der Waals surface area contributed by atoms with Crippen molar-refractivity contribution >= 4 is 21.5 Å². The standard InChI is InChI=1S/C29H41.2ClH.Zr/c1-26(2,3)22-14-18-13-19-15-23(27(4,5)6)25(29(10,11)12)17-21(19)20(18)16-24(22)28(7,8)9;;;/h13-17H,1-12H3;2*1H;/q-1;;;+3/p-2. The Hall–Kier alpha value is -0.227. The zero-order valence-corrected chi connectivity index (χ0v) is 26.1. The summed E-state index contributed by atoms with van der Waals surface area (Å²) in [4.78, 5) is 0. The molecule has 175 valence electrons. The van der Waals surface area contributed by atoms with E-state index in [1.807, 2.05) is 0 Å². The minimum absolute atomic E-state index is 0. The molecule has 0 saturated carbocycles. The Balaban J connectivity index is 0.00000320. The summed E-state index contributed by atoms with van der Waals surface area (Å²) in [5.41, 5.74) is 6.40. The van der Waals surface area contributed by atoms with E-state index in [1.165, 1.54) is 43.8 Å². The molecule has 0 saturated heterocycles. The summed E-state index contributed by atoms with van der Waals surface area (Å²) in [6.07, 6.45) is 0. The Morgan fingerprint density at radius 1 is 0.438 bits per heavy atom. The van der Waals surface area contributed by atoms with Gasteiger partial charge in [0.1, 0.15) is 0 Å². The number of hydrogen-bond donors (Lipinski definition) is 0. The maximum absolute atomic E-state index is 2.49. The smallest absolute Gasteiger partial charge is 1.00 e. The van der Waals surface area contributed by atoms with Crippen molar-refractivity contribution in [3.63, 3.8) is 0 Å². The zero-order valence-electron chi connectivity index (χ0n) is 22.1. The van der Waals surface area contributed by atoms with Gasteiger partial charge in [-0.1, -0.05) is 117 Å². The molecule has 0 heterocycles. The maximum Gasteiger partial charge on any atom is 3.00 e. The first-order chi connectivity index (χ1) is 12.9. The molecule has 0 fully saturated rings. The Bertz CT molecular complexity index is 989. The van der Waals surface area contributed by atoms with Gasteiger partial charge in [-0.25, -0.2) is 0 Å². The van der Waals surface area contributed by atoms with E-state index in [0.29, 0.717) is 0 Å². The summed E-state index contributed by atoms with van der Waals surface area (Å²) in [6, 6.07) is 12.3. The van der Waals surface area contributed by atoms with Gasteiger partial charge in [-0.05, 0) is 21.7 Å². The minimum atomic E-state index is 0. The topological polar surface area (TPSA) is 0 Å². The number of rotatable bonds is 0. The third-order valence-corrected chi connectivity index (χ3v) is 6.21. The van der Waals surface area contributed by atoms with Gasteiger partial charge in [-0.15, -0.1) is 39.7 Å². The third-order valence-electron chi connectivity index (χ3n) is 6.21. The van der Waals surface area contributed by atoms with Crippen molar-refractivity contribution in [1.29, 1.82) is 0 Å². The first-order valence-corrected chi connectivity index (χ1v) is 11.1. The second-order valence-corrected chi connectivity index (χ2v) is 13.1. The molecule has 3 aromatic carbocycles. The summed E-state index contributed by atoms with van der Waals surface area (Å²) >= 11 is 0. The van der Waals surface area contributed by atoms with Crippen molar-refractivity contribution in [1.82, 2.24) is 0 Å². The molecule has 0 aromatic heterocycles. The van der Waals surface area contributed by atoms with Crippen LogP contribution in [0.1, 0.15) is 105 Å². The van der Waals surface area contributed by atoms with Crippen molar-refractivity contribution in [2.75, 3.05) is 0 Å². The predicted molar refractivity (Wildman–Crippen MR) is 132 cm³/mol. The predicted octanol–water partition coefficient (Wildman–Crippen LogP) is 2.91. The van der Waals surface area contributed by atoms with Crippen LogP contribution >= 0.6 is 0 Å². The van der Waals surface area contributed by atoms with Gasteiger partial charge in [0.2, 0.25) is 0 Å². The summed E-state index contributed by atoms with van der Waals surface area (Å²) in [5, 5.41) is 5.57. The van der Waals surface area contributed by atoms with Gasteiger partial charge in [-0.2, -0.15) is 0 Å². The molecular formula is C29H41Cl2Zr. The molecule has 0 N–H and O–H groups in total. The maximum atomic E-state index is 2.49. The molecule has 0 aliphatic carbocycles. The Morgan fingerprint density at radius 3 is 0.875 bits per heavy atom. The van der Waals surface area contributed by atoms with Crippen molar-refractivity contribution in [3.05, 3.63) is 52.6 Å². The van der Waals surface area contributed by atoms with E-state index in [1.54, 1.807) is 0 Å². The molecule has 3 heteroatoms. The van der Waals surface area contributed by atoms with Gasteiger partial charge in [0.25, 0.3) is 0 Å². The van der Waals surface area contributed by atoms with E-state index in [-0.39, 0.29) is 72.7 Å². The van der Waals surface area contributed by atoms with Crippen LogP contribution in [-0.4, -0.2) is 0 Å². The van der Waals surface area contributed by atoms with E-state index in [9.17, 15) is 0 Å². The van der Waals surface area contributed by atoms with E-state index < -0.39 is 0 Å². The molecule has 32 heavy (non-hydrogen) atoms. The van der Waals surface area contributed by atoms with Crippen LogP contribution in [0.15, 0.2) is 30.3 Å². The molecule has 3 rings (SSSR count). The van der Waals surface area contributed by atoms with Gasteiger partial charge in [0.15, 0.2) is 0 Å². The van der Waals surface area contributed by atoms with Crippen LogP contribution in [0.4, 0.5) is 0 Å². The van der Waals surface area contributed by atoms with E-state index in [2.05, 4.69) is 113 Å². The van der Waals surface area contributed by atoms with E-state index in [0.717, 1.165) is 0 Å². The van der Waals surface area contributed by atoms with Crippen LogP contribution in [0.3, 0.4) is 0 Å². The van der Waals surface area contributed by atoms with Crippen LogP contribution in [0, 0.1) is 0 Å². The van der Waals surface area contributed by atoms with E-state index in [4.69, 9.17) is 0 Å². The average molecular weight is 552 g/mol. The van der Waals surface area contributed by atoms with Gasteiger partial charge in [0.05, 0.1) is 0 Å². The molecule has 0 amide bonds. The van der Waals surface area contributed by atoms with Gasteiger partial charge >= 0.3 is 26.2 Å². The second-order valence-electron chi connectivity index (χ2n) is 13.1. The van der Waals surface area contributed by atoms with Gasteiger partial charge in [0, 0.05) is 0 Å². The second kappa shape index (κ2) is 9.79. The number of hydrogen-bond acceptors (Lipinski definition) is 0. The van der Waals surface area contributed by atoms with Crippen LogP contribution < -0.4 is 24.8 Å². The van der Waals surface area contributed by atoms with Crippen LogP contribution in [0.5, 0.6) is 0 Å². The first-order valence-electron chi connectivity index (χ1n) is 11.1. The molecule has 0 aliphatic rings.